The molecule has 4 aromatic heterocycles. The van der Waals surface area contributed by atoms with Gasteiger partial charge in [0.05, 0.1) is 43.9 Å². The molecule has 49 heavy (non-hydrogen) atoms. The smallest absolute Gasteiger partial charge is 0.467 e. The second kappa shape index (κ2) is 17.8. The largest absolute Gasteiger partial charge is 0.488 e. The van der Waals surface area contributed by atoms with Gasteiger partial charge < -0.3 is 29.0 Å². The summed E-state index contributed by atoms with van der Waals surface area (Å²) < 4.78 is 23.5. The van der Waals surface area contributed by atoms with Gasteiger partial charge in [-0.1, -0.05) is 18.2 Å². The van der Waals surface area contributed by atoms with Crippen molar-refractivity contribution in [3.8, 4) is 17.7 Å². The zero-order chi connectivity index (χ0) is 35.5. The predicted octanol–water partition coefficient (Wildman–Crippen LogP) is 3.11. The molecule has 254 valence electrons. The molecular weight excluding hydrogens is 865 g/mol. The Kier molecular flexibility index (Phi) is 13.6. The number of fused-ring (bicyclic) bond motifs is 2. The molecule has 3 N–H and O–H groups in total. The van der Waals surface area contributed by atoms with Crippen LogP contribution in [-0.2, 0) is 9.47 Å². The van der Waals surface area contributed by atoms with Gasteiger partial charge in [0.15, 0.2) is 22.7 Å². The Morgan fingerprint density at radius 2 is 1.47 bits per heavy atom. The van der Waals surface area contributed by atoms with E-state index in [0.29, 0.717) is 34.1 Å². The highest BCUT2D eigenvalue weighted by atomic mass is 127. The monoisotopic (exact) mass is 894 g/mol. The van der Waals surface area contributed by atoms with E-state index in [0.717, 1.165) is 12.8 Å². The molecule has 0 spiro atoms. The van der Waals surface area contributed by atoms with E-state index >= 15 is 0 Å². The summed E-state index contributed by atoms with van der Waals surface area (Å²) in [6.07, 6.45) is 2.99. The first kappa shape index (κ1) is 37.3. The number of carbonyl (C=O) groups excluding carboxylic acids is 2. The lowest BCUT2D eigenvalue weighted by molar-refractivity contribution is 0.0512. The molecule has 0 bridgehead atoms. The highest BCUT2D eigenvalue weighted by molar-refractivity contribution is 14.1. The van der Waals surface area contributed by atoms with Gasteiger partial charge in [-0.05, 0) is 94.8 Å². The van der Waals surface area contributed by atoms with Gasteiger partial charge in [-0.2, -0.15) is 20.2 Å². The summed E-state index contributed by atoms with van der Waals surface area (Å²) in [5, 5.41) is 29.2. The lowest BCUT2D eigenvalue weighted by atomic mass is 9.81. The van der Waals surface area contributed by atoms with Gasteiger partial charge in [0.2, 0.25) is 0 Å². The normalized spacial score (nSPS) is 10.4. The van der Waals surface area contributed by atoms with Crippen LogP contribution in [-0.4, -0.2) is 96.5 Å². The van der Waals surface area contributed by atoms with Gasteiger partial charge in [-0.25, -0.2) is 24.2 Å². The molecule has 0 radical (unpaired) electrons. The Balaban J connectivity index is 0.000000180. The second-order valence-electron chi connectivity index (χ2n) is 9.40. The van der Waals surface area contributed by atoms with Crippen molar-refractivity contribution in [2.45, 2.75) is 13.8 Å². The van der Waals surface area contributed by atoms with Crippen molar-refractivity contribution in [1.29, 1.82) is 0 Å². The molecule has 0 saturated carbocycles. The summed E-state index contributed by atoms with van der Waals surface area (Å²) in [7, 11) is 1.59. The Morgan fingerprint density at radius 1 is 0.857 bits per heavy atom. The molecule has 0 amide bonds. The average Bonchev–Trinajstić information content (AvgIpc) is 3.70. The van der Waals surface area contributed by atoms with Gasteiger partial charge in [0, 0.05) is 19.5 Å². The summed E-state index contributed by atoms with van der Waals surface area (Å²) in [6.45, 7) is 4.05. The quantitative estimate of drug-likeness (QED) is 0.114. The van der Waals surface area contributed by atoms with Gasteiger partial charge >= 0.3 is 31.1 Å². The third-order valence-corrected chi connectivity index (χ3v) is 7.55. The highest BCUT2D eigenvalue weighted by Crippen LogP contribution is 2.23. The fraction of sp³-hybridized carbons (Fsp3) is 0.200. The van der Waals surface area contributed by atoms with Crippen LogP contribution < -0.4 is 14.9 Å². The second-order valence-corrected chi connectivity index (χ2v) is 11.9. The number of rotatable bonds is 8. The first-order valence-electron chi connectivity index (χ1n) is 14.4. The van der Waals surface area contributed by atoms with Crippen molar-refractivity contribution in [2.24, 2.45) is 0 Å². The average molecular weight is 894 g/mol. The third kappa shape index (κ3) is 9.58. The maximum Gasteiger partial charge on any atom is 0.488 e. The van der Waals surface area contributed by atoms with E-state index in [-0.39, 0.29) is 30.0 Å². The first-order chi connectivity index (χ1) is 23.6. The number of nitrogens with zero attached hydrogens (tertiary/aromatic N) is 7. The zero-order valence-corrected chi connectivity index (χ0v) is 30.8. The molecule has 0 aliphatic heterocycles. The molecule has 0 aliphatic carbocycles. The van der Waals surface area contributed by atoms with Gasteiger partial charge in [-0.15, -0.1) is 0 Å². The van der Waals surface area contributed by atoms with E-state index in [1.807, 2.05) is 30.3 Å². The van der Waals surface area contributed by atoms with Gasteiger partial charge in [0.25, 0.3) is 0 Å². The standard InChI is InChI=1S/C15H13IN4O3.C9H10N4O3.C6H6BIO2/c1-3-23-14(21)12-11-8-17-15(22-2)18-13(11)20(19-12)10-6-4-5-9(16)7-10;1-3-16-8(14)6-5-4-10-9(15-2)11-7(5)13-12-6;8-6-3-1-2-5(4-6)7(9)10/h4-8H,3H2,1-2H3;4H,3H2,1-2H3,(H,10,11,12,13);1-4,9-10H. The molecule has 19 heteroatoms. The molecule has 6 rings (SSSR count). The van der Waals surface area contributed by atoms with E-state index in [4.69, 9.17) is 29.0 Å². The van der Waals surface area contributed by atoms with Crippen molar-refractivity contribution in [3.05, 3.63) is 79.5 Å². The number of hydrogen-bond donors (Lipinski definition) is 3. The Hall–Kier alpha value is -4.48. The summed E-state index contributed by atoms with van der Waals surface area (Å²) in [5.74, 6) is -0.977. The minimum absolute atomic E-state index is 0.184. The third-order valence-electron chi connectivity index (χ3n) is 6.20. The highest BCUT2D eigenvalue weighted by Gasteiger charge is 2.21. The molecule has 6 aromatic rings. The van der Waals surface area contributed by atoms with Crippen molar-refractivity contribution in [1.82, 2.24) is 39.9 Å². The van der Waals surface area contributed by atoms with Crippen LogP contribution in [0.25, 0.3) is 27.8 Å². The van der Waals surface area contributed by atoms with Crippen LogP contribution in [0.4, 0.5) is 0 Å². The molecule has 0 unspecified atom stereocenters. The number of carbonyl (C=O) groups is 2. The van der Waals surface area contributed by atoms with Crippen LogP contribution in [0.1, 0.15) is 34.8 Å². The van der Waals surface area contributed by atoms with E-state index in [2.05, 4.69) is 80.4 Å². The Labute approximate surface area is 307 Å². The van der Waals surface area contributed by atoms with Crippen molar-refractivity contribution >= 4 is 91.8 Å². The van der Waals surface area contributed by atoms with Crippen LogP contribution in [0, 0.1) is 7.14 Å². The summed E-state index contributed by atoms with van der Waals surface area (Å²) >= 11 is 4.33. The Morgan fingerprint density at radius 3 is 2.06 bits per heavy atom. The minimum Gasteiger partial charge on any atom is -0.467 e. The maximum atomic E-state index is 12.1. The number of aromatic nitrogens is 8. The fourth-order valence-electron chi connectivity index (χ4n) is 4.04. The number of methoxy groups -OCH3 is 2. The SMILES string of the molecule is CCOC(=O)c1[nH]nc2nc(OC)ncc12.CCOC(=O)c1nn(-c2cccc(I)c2)c2nc(OC)ncc12.OB(O)c1cccc(I)c1. The fourth-order valence-corrected chi connectivity index (χ4v) is 5.13. The molecule has 4 heterocycles. The first-order valence-corrected chi connectivity index (χ1v) is 16.5. The van der Waals surface area contributed by atoms with E-state index in [1.54, 1.807) is 36.7 Å². The predicted molar refractivity (Wildman–Crippen MR) is 195 cm³/mol. The maximum absolute atomic E-state index is 12.1. The van der Waals surface area contributed by atoms with E-state index < -0.39 is 19.1 Å². The number of esters is 2. The van der Waals surface area contributed by atoms with Crippen LogP contribution in [0.5, 0.6) is 12.0 Å². The molecule has 0 atom stereocenters. The minimum atomic E-state index is -1.35. The zero-order valence-electron chi connectivity index (χ0n) is 26.5. The molecule has 16 nitrogen and oxygen atoms in total. The molecule has 2 aromatic carbocycles. The van der Waals surface area contributed by atoms with Crippen molar-refractivity contribution in [3.63, 3.8) is 0 Å². The van der Waals surface area contributed by atoms with Crippen LogP contribution in [0.15, 0.2) is 60.9 Å². The number of ether oxygens (including phenoxy) is 4. The van der Waals surface area contributed by atoms with Crippen LogP contribution >= 0.6 is 45.2 Å². The molecule has 0 fully saturated rings. The van der Waals surface area contributed by atoms with Crippen LogP contribution in [0.3, 0.4) is 0 Å². The van der Waals surface area contributed by atoms with Gasteiger partial charge in [-0.3, -0.25) is 5.10 Å². The number of halogens is 2. The molecule has 0 aliphatic rings. The lowest BCUT2D eigenvalue weighted by Crippen LogP contribution is -2.29. The van der Waals surface area contributed by atoms with E-state index in [9.17, 15) is 9.59 Å². The summed E-state index contributed by atoms with van der Waals surface area (Å²) in [5.41, 5.74) is 2.62. The number of nitrogens with one attached hydrogen (secondary N) is 1. The topological polar surface area (TPSA) is 210 Å². The number of H-pyrrole nitrogens is 1. The number of aromatic amines is 1. The molecule has 0 saturated heterocycles. The lowest BCUT2D eigenvalue weighted by Gasteiger charge is -2.03. The number of hydrogen-bond acceptors (Lipinski definition) is 14. The van der Waals surface area contributed by atoms with Crippen molar-refractivity contribution < 1.29 is 38.6 Å². The summed E-state index contributed by atoms with van der Waals surface area (Å²) in [6, 6.07) is 15.2. The molecular formula is C30H29BI2N8O8. The van der Waals surface area contributed by atoms with Gasteiger partial charge in [0.1, 0.15) is 0 Å². The Bertz CT molecular complexity index is 2060. The van der Waals surface area contributed by atoms with E-state index in [1.165, 1.54) is 26.6 Å². The van der Waals surface area contributed by atoms with Crippen LogP contribution in [0.2, 0.25) is 0 Å². The number of benzene rings is 2. The van der Waals surface area contributed by atoms with Crippen molar-refractivity contribution in [2.75, 3.05) is 27.4 Å². The summed E-state index contributed by atoms with van der Waals surface area (Å²) in [4.78, 5) is 39.9.